The molecule has 1 amide bonds. The number of rotatable bonds is 7. The van der Waals surface area contributed by atoms with E-state index in [0.29, 0.717) is 25.3 Å². The predicted octanol–water partition coefficient (Wildman–Crippen LogP) is 1.42. The molecule has 0 aromatic carbocycles. The molecule has 7 heteroatoms. The van der Waals surface area contributed by atoms with E-state index in [2.05, 4.69) is 9.97 Å². The third-order valence-corrected chi connectivity index (χ3v) is 4.00. The van der Waals surface area contributed by atoms with Gasteiger partial charge >= 0.3 is 5.69 Å². The fourth-order valence-corrected chi connectivity index (χ4v) is 2.69. The lowest BCUT2D eigenvalue weighted by Gasteiger charge is -2.22. The van der Waals surface area contributed by atoms with E-state index in [4.69, 9.17) is 0 Å². The van der Waals surface area contributed by atoms with Crippen molar-refractivity contribution < 1.29 is 4.79 Å². The monoisotopic (exact) mass is 331 g/mol. The first-order valence-corrected chi connectivity index (χ1v) is 8.21. The van der Waals surface area contributed by atoms with Gasteiger partial charge in [0.2, 0.25) is 5.91 Å². The molecule has 2 heterocycles. The lowest BCUT2D eigenvalue weighted by atomic mass is 10.3. The molecular formula is C17H25N5O2. The zero-order valence-electron chi connectivity index (χ0n) is 14.8. The fraction of sp³-hybridized carbons (Fsp3) is 0.529. The summed E-state index contributed by atoms with van der Waals surface area (Å²) in [6.45, 7) is 7.19. The molecule has 0 aliphatic carbocycles. The molecule has 0 saturated heterocycles. The maximum Gasteiger partial charge on any atom is 0.347 e. The van der Waals surface area contributed by atoms with Crippen molar-refractivity contribution in [3.8, 4) is 0 Å². The van der Waals surface area contributed by atoms with Crippen molar-refractivity contribution in [2.75, 3.05) is 6.54 Å². The van der Waals surface area contributed by atoms with Crippen LogP contribution in [0, 0.1) is 13.8 Å². The largest absolute Gasteiger partial charge is 0.347 e. The normalized spacial score (nSPS) is 10.8. The summed E-state index contributed by atoms with van der Waals surface area (Å²) in [7, 11) is 1.91. The van der Waals surface area contributed by atoms with Crippen LogP contribution in [0.3, 0.4) is 0 Å². The molecule has 130 valence electrons. The Morgan fingerprint density at radius 2 is 2.08 bits per heavy atom. The van der Waals surface area contributed by atoms with E-state index < -0.39 is 0 Å². The molecule has 0 atom stereocenters. The van der Waals surface area contributed by atoms with Crippen molar-refractivity contribution in [1.82, 2.24) is 24.0 Å². The number of amides is 1. The average Bonchev–Trinajstić information content (AvgIpc) is 2.90. The average molecular weight is 331 g/mol. The number of imidazole rings is 1. The Bertz CT molecular complexity index is 763. The number of hydrogen-bond acceptors (Lipinski definition) is 4. The third-order valence-electron chi connectivity index (χ3n) is 4.00. The molecule has 0 bridgehead atoms. The molecule has 0 fully saturated rings. The summed E-state index contributed by atoms with van der Waals surface area (Å²) in [5, 5.41) is 0. The van der Waals surface area contributed by atoms with Gasteiger partial charge in [-0.25, -0.2) is 9.78 Å². The minimum absolute atomic E-state index is 0.0201. The quantitative estimate of drug-likeness (QED) is 0.769. The number of aromatic nitrogens is 4. The summed E-state index contributed by atoms with van der Waals surface area (Å²) < 4.78 is 3.46. The Morgan fingerprint density at radius 1 is 1.33 bits per heavy atom. The van der Waals surface area contributed by atoms with Crippen molar-refractivity contribution in [2.45, 2.75) is 46.7 Å². The first-order chi connectivity index (χ1) is 11.4. The number of nitrogens with zero attached hydrogens (tertiary/aromatic N) is 5. The van der Waals surface area contributed by atoms with E-state index in [1.165, 1.54) is 0 Å². The summed E-state index contributed by atoms with van der Waals surface area (Å²) in [6.07, 6.45) is 4.74. The van der Waals surface area contributed by atoms with Crippen molar-refractivity contribution in [3.63, 3.8) is 0 Å². The highest BCUT2D eigenvalue weighted by atomic mass is 16.2. The molecule has 0 unspecified atom stereocenters. The number of carbonyl (C=O) groups excluding carboxylic acids is 1. The van der Waals surface area contributed by atoms with Gasteiger partial charge in [-0.3, -0.25) is 9.36 Å². The standard InChI is InChI=1S/C17H25N5O2/c1-5-8-21(12-15-18-7-10-20(15)4)16(23)6-9-22-14(3)11-13(2)19-17(22)24/h7,10-11H,5-6,8-9,12H2,1-4H3. The second kappa shape index (κ2) is 7.90. The summed E-state index contributed by atoms with van der Waals surface area (Å²) in [6, 6.07) is 1.85. The second-order valence-electron chi connectivity index (χ2n) is 5.99. The Morgan fingerprint density at radius 3 is 2.67 bits per heavy atom. The number of hydrogen-bond donors (Lipinski definition) is 0. The van der Waals surface area contributed by atoms with Gasteiger partial charge in [0.15, 0.2) is 0 Å². The van der Waals surface area contributed by atoms with Gasteiger partial charge < -0.3 is 9.47 Å². The molecule has 0 aliphatic heterocycles. The molecule has 0 aliphatic rings. The molecule has 0 spiro atoms. The van der Waals surface area contributed by atoms with E-state index >= 15 is 0 Å². The predicted molar refractivity (Wildman–Crippen MR) is 91.5 cm³/mol. The third kappa shape index (κ3) is 4.31. The Kier molecular flexibility index (Phi) is 5.89. The van der Waals surface area contributed by atoms with Crippen LogP contribution in [0.1, 0.15) is 37.0 Å². The van der Waals surface area contributed by atoms with Gasteiger partial charge in [-0.1, -0.05) is 6.92 Å². The SMILES string of the molecule is CCCN(Cc1nccn1C)C(=O)CCn1c(C)cc(C)nc1=O. The van der Waals surface area contributed by atoms with Gasteiger partial charge in [0.05, 0.1) is 6.54 Å². The zero-order chi connectivity index (χ0) is 17.7. The van der Waals surface area contributed by atoms with E-state index in [1.807, 2.05) is 37.7 Å². The summed E-state index contributed by atoms with van der Waals surface area (Å²) in [5.74, 6) is 0.869. The van der Waals surface area contributed by atoms with E-state index in [0.717, 1.165) is 17.9 Å². The van der Waals surface area contributed by atoms with Crippen LogP contribution >= 0.6 is 0 Å². The zero-order valence-corrected chi connectivity index (χ0v) is 14.8. The van der Waals surface area contributed by atoms with Gasteiger partial charge in [0.1, 0.15) is 5.82 Å². The Balaban J connectivity index is 2.06. The number of aryl methyl sites for hydroxylation is 3. The second-order valence-corrected chi connectivity index (χ2v) is 5.99. The van der Waals surface area contributed by atoms with Crippen molar-refractivity contribution in [1.29, 1.82) is 0 Å². The molecule has 2 aromatic rings. The first-order valence-electron chi connectivity index (χ1n) is 8.21. The Hall–Kier alpha value is -2.44. The van der Waals surface area contributed by atoms with Gasteiger partial charge in [0, 0.05) is 50.3 Å². The highest BCUT2D eigenvalue weighted by Gasteiger charge is 2.16. The van der Waals surface area contributed by atoms with Crippen LogP contribution in [0.25, 0.3) is 0 Å². The minimum Gasteiger partial charge on any atom is -0.337 e. The summed E-state index contributed by atoms with van der Waals surface area (Å²) in [5.41, 5.74) is 1.22. The van der Waals surface area contributed by atoms with Crippen LogP contribution in [0.5, 0.6) is 0 Å². The van der Waals surface area contributed by atoms with Gasteiger partial charge in [-0.05, 0) is 26.3 Å². The van der Waals surface area contributed by atoms with Gasteiger partial charge in [-0.15, -0.1) is 0 Å². The highest BCUT2D eigenvalue weighted by Crippen LogP contribution is 2.06. The van der Waals surface area contributed by atoms with Crippen LogP contribution in [-0.4, -0.2) is 36.5 Å². The van der Waals surface area contributed by atoms with E-state index in [9.17, 15) is 9.59 Å². The van der Waals surface area contributed by atoms with E-state index in [-0.39, 0.29) is 18.0 Å². The summed E-state index contributed by atoms with van der Waals surface area (Å²) >= 11 is 0. The molecule has 0 saturated carbocycles. The van der Waals surface area contributed by atoms with Crippen LogP contribution < -0.4 is 5.69 Å². The van der Waals surface area contributed by atoms with Crippen LogP contribution in [-0.2, 0) is 24.9 Å². The van der Waals surface area contributed by atoms with Crippen LogP contribution in [0.15, 0.2) is 23.3 Å². The Labute approximate surface area is 142 Å². The molecule has 0 radical (unpaired) electrons. The molecule has 24 heavy (non-hydrogen) atoms. The molecule has 0 N–H and O–H groups in total. The van der Waals surface area contributed by atoms with Crippen molar-refractivity contribution in [2.24, 2.45) is 7.05 Å². The highest BCUT2D eigenvalue weighted by molar-refractivity contribution is 5.76. The fourth-order valence-electron chi connectivity index (χ4n) is 2.69. The number of carbonyl (C=O) groups is 1. The summed E-state index contributed by atoms with van der Waals surface area (Å²) in [4.78, 5) is 34.6. The molecule has 7 nitrogen and oxygen atoms in total. The maximum atomic E-state index is 12.6. The van der Waals surface area contributed by atoms with Gasteiger partial charge in [-0.2, -0.15) is 4.98 Å². The topological polar surface area (TPSA) is 73.0 Å². The lowest BCUT2D eigenvalue weighted by molar-refractivity contribution is -0.132. The van der Waals surface area contributed by atoms with Crippen molar-refractivity contribution >= 4 is 5.91 Å². The van der Waals surface area contributed by atoms with Crippen LogP contribution in [0.2, 0.25) is 0 Å². The first kappa shape index (κ1) is 17.9. The minimum atomic E-state index is -0.300. The molecule has 2 aromatic heterocycles. The van der Waals surface area contributed by atoms with E-state index in [1.54, 1.807) is 22.6 Å². The maximum absolute atomic E-state index is 12.6. The van der Waals surface area contributed by atoms with Crippen LogP contribution in [0.4, 0.5) is 0 Å². The lowest BCUT2D eigenvalue weighted by Crippen LogP contribution is -2.34. The van der Waals surface area contributed by atoms with Crippen molar-refractivity contribution in [3.05, 3.63) is 46.2 Å². The smallest absolute Gasteiger partial charge is 0.337 e. The molecular weight excluding hydrogens is 306 g/mol. The molecule has 2 rings (SSSR count). The van der Waals surface area contributed by atoms with Gasteiger partial charge in [0.25, 0.3) is 0 Å².